The summed E-state index contributed by atoms with van der Waals surface area (Å²) in [7, 11) is 0. The highest BCUT2D eigenvalue weighted by Gasteiger charge is 2.36. The Labute approximate surface area is 122 Å². The summed E-state index contributed by atoms with van der Waals surface area (Å²) in [5, 5.41) is 10.2. The van der Waals surface area contributed by atoms with Crippen LogP contribution in [0.3, 0.4) is 0 Å². The molecule has 0 spiro atoms. The van der Waals surface area contributed by atoms with Crippen molar-refractivity contribution in [1.82, 2.24) is 14.5 Å². The molecule has 7 heteroatoms. The van der Waals surface area contributed by atoms with Gasteiger partial charge in [0.05, 0.1) is 12.2 Å². The fraction of sp³-hybridized carbons (Fsp3) is 0.714. The van der Waals surface area contributed by atoms with Crippen LogP contribution in [0.4, 0.5) is 0 Å². The van der Waals surface area contributed by atoms with Crippen molar-refractivity contribution in [2.24, 2.45) is 0 Å². The fourth-order valence-electron chi connectivity index (χ4n) is 3.07. The number of aliphatic hydroxyl groups is 1. The number of aryl methyl sites for hydroxylation is 1. The Morgan fingerprint density at radius 1 is 1.38 bits per heavy atom. The van der Waals surface area contributed by atoms with Gasteiger partial charge in [-0.15, -0.1) is 0 Å². The standard InChI is InChI=1S/C14H21N3O4/c1-9-7-17(14(20)15-13(9)19)12-6-10(18)11(21-12)8-16-4-2-3-5-16/h7,10-12,18H,2-6,8H2,1H3,(H,15,19,20)/t10-,11+,12+/m1/s1. The van der Waals surface area contributed by atoms with Gasteiger partial charge in [-0.25, -0.2) is 4.79 Å². The summed E-state index contributed by atoms with van der Waals surface area (Å²) in [6.07, 6.45) is 2.84. The summed E-state index contributed by atoms with van der Waals surface area (Å²) in [6, 6.07) is 0. The van der Waals surface area contributed by atoms with Gasteiger partial charge in [0, 0.05) is 24.7 Å². The summed E-state index contributed by atoms with van der Waals surface area (Å²) < 4.78 is 7.21. The van der Waals surface area contributed by atoms with E-state index in [1.807, 2.05) is 0 Å². The lowest BCUT2D eigenvalue weighted by molar-refractivity contribution is -0.0336. The van der Waals surface area contributed by atoms with Crippen LogP contribution in [-0.2, 0) is 4.74 Å². The molecular formula is C14H21N3O4. The van der Waals surface area contributed by atoms with Gasteiger partial charge in [0.25, 0.3) is 5.56 Å². The van der Waals surface area contributed by atoms with Crippen molar-refractivity contribution in [3.05, 3.63) is 32.6 Å². The first-order valence-electron chi connectivity index (χ1n) is 7.42. The molecule has 21 heavy (non-hydrogen) atoms. The predicted molar refractivity (Wildman–Crippen MR) is 76.3 cm³/mol. The number of likely N-dealkylation sites (tertiary alicyclic amines) is 1. The molecule has 3 rings (SSSR count). The SMILES string of the molecule is Cc1cn([C@@H]2C[C@@H](O)[C@H](CN3CCCC3)O2)c(=O)[nH]c1=O. The van der Waals surface area contributed by atoms with Crippen LogP contribution >= 0.6 is 0 Å². The quantitative estimate of drug-likeness (QED) is 0.791. The average molecular weight is 295 g/mol. The van der Waals surface area contributed by atoms with E-state index in [0.29, 0.717) is 18.5 Å². The van der Waals surface area contributed by atoms with E-state index in [4.69, 9.17) is 4.74 Å². The molecule has 2 fully saturated rings. The molecule has 2 saturated heterocycles. The molecule has 1 aromatic rings. The molecule has 0 unspecified atom stereocenters. The van der Waals surface area contributed by atoms with Crippen molar-refractivity contribution in [3.63, 3.8) is 0 Å². The Balaban J connectivity index is 1.74. The van der Waals surface area contributed by atoms with Crippen LogP contribution in [0.25, 0.3) is 0 Å². The van der Waals surface area contributed by atoms with Gasteiger partial charge in [0.2, 0.25) is 0 Å². The molecule has 0 saturated carbocycles. The molecule has 7 nitrogen and oxygen atoms in total. The number of aliphatic hydroxyl groups excluding tert-OH is 1. The Morgan fingerprint density at radius 2 is 2.10 bits per heavy atom. The van der Waals surface area contributed by atoms with Crippen LogP contribution in [-0.4, -0.2) is 51.4 Å². The number of nitrogens with zero attached hydrogens (tertiary/aromatic N) is 2. The molecule has 0 radical (unpaired) electrons. The van der Waals surface area contributed by atoms with E-state index < -0.39 is 18.0 Å². The minimum atomic E-state index is -0.588. The molecule has 0 aliphatic carbocycles. The summed E-state index contributed by atoms with van der Waals surface area (Å²) in [6.45, 7) is 4.40. The Morgan fingerprint density at radius 3 is 2.81 bits per heavy atom. The van der Waals surface area contributed by atoms with Gasteiger partial charge in [0.15, 0.2) is 0 Å². The summed E-state index contributed by atoms with van der Waals surface area (Å²) in [5.41, 5.74) is -0.427. The first-order chi connectivity index (χ1) is 10.0. The van der Waals surface area contributed by atoms with E-state index >= 15 is 0 Å². The van der Waals surface area contributed by atoms with Gasteiger partial charge in [-0.1, -0.05) is 0 Å². The number of hydrogen-bond acceptors (Lipinski definition) is 5. The van der Waals surface area contributed by atoms with Crippen molar-refractivity contribution in [1.29, 1.82) is 0 Å². The van der Waals surface area contributed by atoms with E-state index in [2.05, 4.69) is 9.88 Å². The van der Waals surface area contributed by atoms with Crippen molar-refractivity contribution in [2.75, 3.05) is 19.6 Å². The van der Waals surface area contributed by atoms with Gasteiger partial charge < -0.3 is 14.7 Å². The topological polar surface area (TPSA) is 87.6 Å². The highest BCUT2D eigenvalue weighted by Crippen LogP contribution is 2.28. The third-order valence-electron chi connectivity index (χ3n) is 4.30. The van der Waals surface area contributed by atoms with Gasteiger partial charge in [-0.05, 0) is 32.9 Å². The van der Waals surface area contributed by atoms with Gasteiger partial charge >= 0.3 is 5.69 Å². The number of aromatic amines is 1. The lowest BCUT2D eigenvalue weighted by atomic mass is 10.1. The van der Waals surface area contributed by atoms with Crippen LogP contribution in [0.2, 0.25) is 0 Å². The van der Waals surface area contributed by atoms with E-state index in [9.17, 15) is 14.7 Å². The molecule has 2 N–H and O–H groups in total. The molecule has 3 heterocycles. The maximum atomic E-state index is 11.9. The number of ether oxygens (including phenoxy) is 1. The molecule has 0 amide bonds. The largest absolute Gasteiger partial charge is 0.390 e. The van der Waals surface area contributed by atoms with Crippen molar-refractivity contribution in [2.45, 2.75) is 44.6 Å². The van der Waals surface area contributed by atoms with E-state index in [0.717, 1.165) is 13.1 Å². The third-order valence-corrected chi connectivity index (χ3v) is 4.30. The van der Waals surface area contributed by atoms with Crippen molar-refractivity contribution < 1.29 is 9.84 Å². The second-order valence-electron chi connectivity index (χ2n) is 5.92. The van der Waals surface area contributed by atoms with Crippen LogP contribution in [0.15, 0.2) is 15.8 Å². The Hall–Kier alpha value is -1.44. The minimum absolute atomic E-state index is 0.285. The second-order valence-corrected chi connectivity index (χ2v) is 5.92. The van der Waals surface area contributed by atoms with Crippen LogP contribution in [0.1, 0.15) is 31.1 Å². The Kier molecular flexibility index (Phi) is 3.97. The van der Waals surface area contributed by atoms with E-state index in [1.54, 1.807) is 6.92 Å². The number of rotatable bonds is 3. The number of aromatic nitrogens is 2. The van der Waals surface area contributed by atoms with E-state index in [1.165, 1.54) is 23.6 Å². The normalized spacial score (nSPS) is 30.1. The molecule has 1 aromatic heterocycles. The maximum absolute atomic E-state index is 11.9. The first kappa shape index (κ1) is 14.5. The maximum Gasteiger partial charge on any atom is 0.330 e. The smallest absolute Gasteiger partial charge is 0.330 e. The summed E-state index contributed by atoms with van der Waals surface area (Å²) in [4.78, 5) is 27.8. The fourth-order valence-corrected chi connectivity index (χ4v) is 3.07. The molecule has 2 aliphatic heterocycles. The number of nitrogens with one attached hydrogen (secondary N) is 1. The molecule has 0 aromatic carbocycles. The lowest BCUT2D eigenvalue weighted by Crippen LogP contribution is -2.36. The highest BCUT2D eigenvalue weighted by atomic mass is 16.5. The average Bonchev–Trinajstić information content (AvgIpc) is 3.05. The third kappa shape index (κ3) is 2.95. The van der Waals surface area contributed by atoms with Crippen molar-refractivity contribution in [3.8, 4) is 0 Å². The zero-order valence-corrected chi connectivity index (χ0v) is 12.1. The predicted octanol–water partition coefficient (Wildman–Crippen LogP) is -0.411. The van der Waals surface area contributed by atoms with Crippen LogP contribution in [0, 0.1) is 6.92 Å². The highest BCUT2D eigenvalue weighted by molar-refractivity contribution is 5.02. The molecular weight excluding hydrogens is 274 g/mol. The zero-order chi connectivity index (χ0) is 15.0. The molecule has 3 atom stereocenters. The van der Waals surface area contributed by atoms with Crippen LogP contribution < -0.4 is 11.2 Å². The van der Waals surface area contributed by atoms with Gasteiger partial charge in [-0.2, -0.15) is 0 Å². The number of H-pyrrole nitrogens is 1. The zero-order valence-electron chi connectivity index (χ0n) is 12.1. The second kappa shape index (κ2) is 5.75. The summed E-state index contributed by atoms with van der Waals surface area (Å²) >= 11 is 0. The van der Waals surface area contributed by atoms with Crippen LogP contribution in [0.5, 0.6) is 0 Å². The Bertz CT molecular complexity index is 617. The minimum Gasteiger partial charge on any atom is -0.390 e. The first-order valence-corrected chi connectivity index (χ1v) is 7.42. The van der Waals surface area contributed by atoms with Gasteiger partial charge in [-0.3, -0.25) is 14.3 Å². The monoisotopic (exact) mass is 295 g/mol. The van der Waals surface area contributed by atoms with Gasteiger partial charge in [0.1, 0.15) is 6.23 Å². The molecule has 0 bridgehead atoms. The molecule has 2 aliphatic rings. The van der Waals surface area contributed by atoms with Crippen molar-refractivity contribution >= 4 is 0 Å². The summed E-state index contributed by atoms with van der Waals surface area (Å²) in [5.74, 6) is 0. The van der Waals surface area contributed by atoms with E-state index in [-0.39, 0.29) is 11.7 Å². The number of hydrogen-bond donors (Lipinski definition) is 2. The lowest BCUT2D eigenvalue weighted by Gasteiger charge is -2.22. The molecule has 116 valence electrons.